The molecule has 1 N–H and O–H groups in total. The van der Waals surface area contributed by atoms with E-state index in [1.165, 1.54) is 4.31 Å². The lowest BCUT2D eigenvalue weighted by molar-refractivity contribution is -0.132. The highest BCUT2D eigenvalue weighted by Gasteiger charge is 2.54. The molecule has 184 valence electrons. The number of hydrogen-bond acceptors (Lipinski definition) is 5. The van der Waals surface area contributed by atoms with Gasteiger partial charge < -0.3 is 14.4 Å². The molecule has 2 aliphatic rings. The average molecular weight is 495 g/mol. The first-order chi connectivity index (χ1) is 16.7. The van der Waals surface area contributed by atoms with E-state index in [0.717, 1.165) is 23.8 Å². The molecule has 1 aromatic heterocycles. The molecule has 2 atom stereocenters. The zero-order valence-electron chi connectivity index (χ0n) is 19.8. The smallest absolute Gasteiger partial charge is 0.243 e. The number of rotatable bonds is 6. The number of nitrogens with zero attached hydrogens (tertiary/aromatic N) is 2. The van der Waals surface area contributed by atoms with E-state index in [1.807, 2.05) is 31.2 Å². The number of sulfonamides is 1. The van der Waals surface area contributed by atoms with Crippen molar-refractivity contribution in [3.63, 3.8) is 0 Å². The zero-order valence-corrected chi connectivity index (χ0v) is 20.6. The van der Waals surface area contributed by atoms with Crippen LogP contribution in [0.25, 0.3) is 16.5 Å². The topological polar surface area (TPSA) is 91.1 Å². The highest BCUT2D eigenvalue weighted by Crippen LogP contribution is 2.44. The number of likely N-dealkylation sites (tertiary alicyclic amines) is 1. The van der Waals surface area contributed by atoms with Gasteiger partial charge in [0.25, 0.3) is 0 Å². The van der Waals surface area contributed by atoms with Crippen molar-refractivity contribution in [3.05, 3.63) is 72.5 Å². The minimum atomic E-state index is -3.95. The summed E-state index contributed by atoms with van der Waals surface area (Å²) >= 11 is 0. The first-order valence-corrected chi connectivity index (χ1v) is 13.4. The molecule has 0 unspecified atom stereocenters. The van der Waals surface area contributed by atoms with Crippen molar-refractivity contribution in [1.82, 2.24) is 9.21 Å². The molecule has 8 heteroatoms. The molecule has 2 fully saturated rings. The summed E-state index contributed by atoms with van der Waals surface area (Å²) in [5, 5.41) is 12.8. The SMILES string of the molecule is C=C(c1cc2ccccc2o1)[C@@]1(O)CCN(S(=O)(=O)c2ccc(C)cc2)[C@@H]1CC(=O)N1CCCC1. The second-order valence-corrected chi connectivity index (χ2v) is 11.4. The zero-order chi connectivity index (χ0) is 24.8. The average Bonchev–Trinajstić information content (AvgIpc) is 3.59. The first kappa shape index (κ1) is 23.8. The minimum Gasteiger partial charge on any atom is -0.456 e. The molecule has 0 aliphatic carbocycles. The Bertz CT molecular complexity index is 1340. The van der Waals surface area contributed by atoms with Crippen molar-refractivity contribution in [2.45, 2.75) is 49.1 Å². The van der Waals surface area contributed by atoms with E-state index >= 15 is 0 Å². The quantitative estimate of drug-likeness (QED) is 0.560. The third kappa shape index (κ3) is 4.20. The van der Waals surface area contributed by atoms with E-state index in [2.05, 4.69) is 6.58 Å². The van der Waals surface area contributed by atoms with E-state index in [-0.39, 0.29) is 35.8 Å². The van der Waals surface area contributed by atoms with Crippen LogP contribution in [-0.4, -0.2) is 59.9 Å². The molecule has 2 saturated heterocycles. The molecule has 0 radical (unpaired) electrons. The second kappa shape index (κ2) is 8.93. The Morgan fingerprint density at radius 2 is 1.80 bits per heavy atom. The predicted octanol–water partition coefficient (Wildman–Crippen LogP) is 3.96. The molecule has 0 saturated carbocycles. The largest absolute Gasteiger partial charge is 0.456 e. The lowest BCUT2D eigenvalue weighted by Crippen LogP contribution is -2.50. The molecule has 1 amide bonds. The number of furan rings is 1. The number of carbonyl (C=O) groups excluding carboxylic acids is 1. The highest BCUT2D eigenvalue weighted by atomic mass is 32.2. The van der Waals surface area contributed by atoms with Crippen molar-refractivity contribution < 1.29 is 22.7 Å². The van der Waals surface area contributed by atoms with Gasteiger partial charge in [-0.05, 0) is 50.5 Å². The maximum absolute atomic E-state index is 13.7. The number of hydrogen-bond donors (Lipinski definition) is 1. The van der Waals surface area contributed by atoms with Gasteiger partial charge >= 0.3 is 0 Å². The minimum absolute atomic E-state index is 0.0733. The van der Waals surface area contributed by atoms with Crippen LogP contribution in [0.3, 0.4) is 0 Å². The monoisotopic (exact) mass is 494 g/mol. The molecule has 3 aromatic rings. The van der Waals surface area contributed by atoms with E-state index in [1.54, 1.807) is 35.2 Å². The summed E-state index contributed by atoms with van der Waals surface area (Å²) in [6.45, 7) is 7.41. The van der Waals surface area contributed by atoms with Gasteiger partial charge in [-0.2, -0.15) is 4.31 Å². The fraction of sp³-hybridized carbons (Fsp3) is 0.370. The Hall–Kier alpha value is -2.94. The number of fused-ring (bicyclic) bond motifs is 1. The fourth-order valence-corrected chi connectivity index (χ4v) is 6.87. The van der Waals surface area contributed by atoms with Crippen LogP contribution in [0.4, 0.5) is 0 Å². The molecule has 35 heavy (non-hydrogen) atoms. The third-order valence-electron chi connectivity index (χ3n) is 7.31. The number of aryl methyl sites for hydroxylation is 1. The van der Waals surface area contributed by atoms with Gasteiger partial charge in [0, 0.05) is 37.0 Å². The summed E-state index contributed by atoms with van der Waals surface area (Å²) in [5.41, 5.74) is 0.232. The first-order valence-electron chi connectivity index (χ1n) is 12.0. The van der Waals surface area contributed by atoms with Gasteiger partial charge in [0.2, 0.25) is 15.9 Å². The van der Waals surface area contributed by atoms with Crippen LogP contribution in [0.15, 0.2) is 70.5 Å². The standard InChI is InChI=1S/C27H30N2O5S/c1-19-9-11-22(12-10-19)35(32,33)29-16-13-27(31,25(29)18-26(30)28-14-5-6-15-28)20(2)24-17-21-7-3-4-8-23(21)34-24/h3-4,7-12,17,25,31H,2,5-6,13-16,18H2,1H3/t25-,27+/m1/s1. The molecule has 2 aromatic carbocycles. The Kier molecular flexibility index (Phi) is 6.07. The van der Waals surface area contributed by atoms with Crippen molar-refractivity contribution >= 4 is 32.5 Å². The van der Waals surface area contributed by atoms with Crippen LogP contribution in [0.5, 0.6) is 0 Å². The van der Waals surface area contributed by atoms with Crippen LogP contribution in [0, 0.1) is 6.92 Å². The summed E-state index contributed by atoms with van der Waals surface area (Å²) in [7, 11) is -3.95. The molecular formula is C27H30N2O5S. The van der Waals surface area contributed by atoms with Crippen molar-refractivity contribution in [3.8, 4) is 0 Å². The van der Waals surface area contributed by atoms with Gasteiger partial charge in [0.15, 0.2) is 0 Å². The van der Waals surface area contributed by atoms with Crippen LogP contribution in [0.1, 0.15) is 37.0 Å². The van der Waals surface area contributed by atoms with Gasteiger partial charge in [0.1, 0.15) is 16.9 Å². The fourth-order valence-electron chi connectivity index (χ4n) is 5.20. The highest BCUT2D eigenvalue weighted by molar-refractivity contribution is 7.89. The van der Waals surface area contributed by atoms with E-state index in [9.17, 15) is 18.3 Å². The normalized spacial score (nSPS) is 23.3. The summed E-state index contributed by atoms with van der Waals surface area (Å²) < 4.78 is 34.6. The van der Waals surface area contributed by atoms with E-state index < -0.39 is 21.7 Å². The molecule has 2 aliphatic heterocycles. The van der Waals surface area contributed by atoms with Gasteiger partial charge in [-0.3, -0.25) is 4.79 Å². The van der Waals surface area contributed by atoms with Crippen molar-refractivity contribution in [2.24, 2.45) is 0 Å². The van der Waals surface area contributed by atoms with Gasteiger partial charge in [-0.15, -0.1) is 0 Å². The second-order valence-electron chi connectivity index (χ2n) is 9.54. The maximum Gasteiger partial charge on any atom is 0.243 e. The molecule has 5 rings (SSSR count). The Morgan fingerprint density at radius 3 is 2.49 bits per heavy atom. The van der Waals surface area contributed by atoms with Crippen LogP contribution in [-0.2, 0) is 14.8 Å². The van der Waals surface area contributed by atoms with Crippen molar-refractivity contribution in [1.29, 1.82) is 0 Å². The lowest BCUT2D eigenvalue weighted by Gasteiger charge is -2.35. The molecule has 7 nitrogen and oxygen atoms in total. The Balaban J connectivity index is 1.53. The maximum atomic E-state index is 13.7. The van der Waals surface area contributed by atoms with Gasteiger partial charge in [-0.1, -0.05) is 42.5 Å². The predicted molar refractivity (Wildman–Crippen MR) is 134 cm³/mol. The van der Waals surface area contributed by atoms with Crippen LogP contribution < -0.4 is 0 Å². The van der Waals surface area contributed by atoms with E-state index in [0.29, 0.717) is 24.4 Å². The van der Waals surface area contributed by atoms with Crippen LogP contribution >= 0.6 is 0 Å². The number of benzene rings is 2. The molecular weight excluding hydrogens is 464 g/mol. The number of aliphatic hydroxyl groups is 1. The molecule has 0 bridgehead atoms. The Morgan fingerprint density at radius 1 is 1.11 bits per heavy atom. The number of para-hydroxylation sites is 1. The summed E-state index contributed by atoms with van der Waals surface area (Å²) in [6, 6.07) is 14.9. The Labute approximate surface area is 205 Å². The third-order valence-corrected chi connectivity index (χ3v) is 9.23. The van der Waals surface area contributed by atoms with Crippen LogP contribution in [0.2, 0.25) is 0 Å². The van der Waals surface area contributed by atoms with Gasteiger partial charge in [-0.25, -0.2) is 8.42 Å². The lowest BCUT2D eigenvalue weighted by atomic mass is 9.84. The number of amides is 1. The van der Waals surface area contributed by atoms with E-state index in [4.69, 9.17) is 4.42 Å². The summed E-state index contributed by atoms with van der Waals surface area (Å²) in [4.78, 5) is 15.1. The molecule has 0 spiro atoms. The van der Waals surface area contributed by atoms with Crippen molar-refractivity contribution in [2.75, 3.05) is 19.6 Å². The van der Waals surface area contributed by atoms with Gasteiger partial charge in [0.05, 0.1) is 10.9 Å². The number of carbonyl (C=O) groups is 1. The molecule has 3 heterocycles. The summed E-state index contributed by atoms with van der Waals surface area (Å²) in [6.07, 6.45) is 1.85. The summed E-state index contributed by atoms with van der Waals surface area (Å²) in [5.74, 6) is 0.233.